The lowest BCUT2D eigenvalue weighted by Gasteiger charge is -2.14. The molecular formula is C18H22N2O3. The lowest BCUT2D eigenvalue weighted by Crippen LogP contribution is -2.40. The summed E-state index contributed by atoms with van der Waals surface area (Å²) < 4.78 is 0. The van der Waals surface area contributed by atoms with Crippen LogP contribution in [0.2, 0.25) is 0 Å². The first kappa shape index (κ1) is 16.9. The third-order valence-electron chi connectivity index (χ3n) is 3.84. The first-order chi connectivity index (χ1) is 11.1. The van der Waals surface area contributed by atoms with Crippen LogP contribution in [0.15, 0.2) is 36.5 Å². The Labute approximate surface area is 135 Å². The van der Waals surface area contributed by atoms with E-state index in [1.807, 2.05) is 37.3 Å². The van der Waals surface area contributed by atoms with Crippen molar-refractivity contribution in [3.63, 3.8) is 0 Å². The maximum Gasteiger partial charge on any atom is 0.326 e. The van der Waals surface area contributed by atoms with Gasteiger partial charge in [0.15, 0.2) is 0 Å². The molecule has 1 atom stereocenters. The second-order valence-corrected chi connectivity index (χ2v) is 5.59. The molecule has 1 aromatic heterocycles. The van der Waals surface area contributed by atoms with Gasteiger partial charge in [-0.15, -0.1) is 0 Å². The summed E-state index contributed by atoms with van der Waals surface area (Å²) in [6, 6.07) is 8.90. The van der Waals surface area contributed by atoms with Crippen molar-refractivity contribution >= 4 is 22.8 Å². The van der Waals surface area contributed by atoms with Crippen molar-refractivity contribution in [2.45, 2.75) is 45.1 Å². The molecule has 2 rings (SSSR count). The minimum atomic E-state index is -0.971. The highest BCUT2D eigenvalue weighted by atomic mass is 16.4. The first-order valence-electron chi connectivity index (χ1n) is 7.96. The van der Waals surface area contributed by atoms with Crippen LogP contribution in [0.3, 0.4) is 0 Å². The number of rotatable bonds is 8. The Kier molecular flexibility index (Phi) is 6.09. The Balaban J connectivity index is 1.96. The molecule has 23 heavy (non-hydrogen) atoms. The van der Waals surface area contributed by atoms with Crippen LogP contribution in [0.4, 0.5) is 0 Å². The molecule has 0 saturated carbocycles. The normalized spacial score (nSPS) is 12.0. The molecule has 2 aromatic rings. The number of hydrogen-bond donors (Lipinski definition) is 2. The number of aliphatic carboxylic acids is 1. The van der Waals surface area contributed by atoms with Crippen molar-refractivity contribution in [3.8, 4) is 0 Å². The molecule has 5 heteroatoms. The average Bonchev–Trinajstić information content (AvgIpc) is 2.56. The van der Waals surface area contributed by atoms with E-state index in [1.54, 1.807) is 6.20 Å². The molecule has 0 fully saturated rings. The predicted molar refractivity (Wildman–Crippen MR) is 89.2 cm³/mol. The topological polar surface area (TPSA) is 79.3 Å². The molecule has 0 spiro atoms. The molecular weight excluding hydrogens is 292 g/mol. The molecule has 0 saturated heterocycles. The number of nitrogens with zero attached hydrogens (tertiary/aromatic N) is 1. The van der Waals surface area contributed by atoms with Gasteiger partial charge in [0.2, 0.25) is 5.91 Å². The second-order valence-electron chi connectivity index (χ2n) is 5.59. The van der Waals surface area contributed by atoms with Crippen LogP contribution in [0.1, 0.15) is 38.2 Å². The first-order valence-corrected chi connectivity index (χ1v) is 7.96. The number of aryl methyl sites for hydroxylation is 1. The fourth-order valence-electron chi connectivity index (χ4n) is 2.55. The van der Waals surface area contributed by atoms with E-state index in [0.717, 1.165) is 29.3 Å². The van der Waals surface area contributed by atoms with Crippen LogP contribution < -0.4 is 5.32 Å². The average molecular weight is 314 g/mol. The van der Waals surface area contributed by atoms with Gasteiger partial charge < -0.3 is 10.4 Å². The monoisotopic (exact) mass is 314 g/mol. The van der Waals surface area contributed by atoms with Crippen molar-refractivity contribution in [1.82, 2.24) is 10.3 Å². The maximum atomic E-state index is 12.0. The molecule has 5 nitrogen and oxygen atoms in total. The predicted octanol–water partition coefficient (Wildman–Crippen LogP) is 2.93. The van der Waals surface area contributed by atoms with Gasteiger partial charge in [0.25, 0.3) is 0 Å². The number of hydrogen-bond acceptors (Lipinski definition) is 3. The number of para-hydroxylation sites is 1. The maximum absolute atomic E-state index is 12.0. The van der Waals surface area contributed by atoms with Gasteiger partial charge in [-0.05, 0) is 30.5 Å². The highest BCUT2D eigenvalue weighted by Gasteiger charge is 2.19. The van der Waals surface area contributed by atoms with E-state index in [1.165, 1.54) is 0 Å². The molecule has 1 amide bonds. The van der Waals surface area contributed by atoms with Crippen molar-refractivity contribution in [2.24, 2.45) is 0 Å². The molecule has 2 N–H and O–H groups in total. The SMILES string of the molecule is CCCC[C@H](NC(=O)CCc1ccnc2ccccc12)C(=O)O. The third kappa shape index (κ3) is 4.77. The van der Waals surface area contributed by atoms with E-state index in [4.69, 9.17) is 5.11 Å². The number of carboxylic acid groups (broad SMARTS) is 1. The van der Waals surface area contributed by atoms with E-state index >= 15 is 0 Å². The Morgan fingerprint density at radius 3 is 2.78 bits per heavy atom. The van der Waals surface area contributed by atoms with Crippen LogP contribution in [-0.4, -0.2) is 28.0 Å². The number of carboxylic acids is 1. The van der Waals surface area contributed by atoms with Gasteiger partial charge >= 0.3 is 5.97 Å². The Morgan fingerprint density at radius 2 is 2.04 bits per heavy atom. The zero-order valence-corrected chi connectivity index (χ0v) is 13.3. The third-order valence-corrected chi connectivity index (χ3v) is 3.84. The van der Waals surface area contributed by atoms with Gasteiger partial charge in [0.1, 0.15) is 6.04 Å². The van der Waals surface area contributed by atoms with Crippen molar-refractivity contribution in [3.05, 3.63) is 42.1 Å². The molecule has 0 radical (unpaired) electrons. The number of amides is 1. The number of carbonyl (C=O) groups is 2. The number of unbranched alkanes of at least 4 members (excludes halogenated alkanes) is 1. The van der Waals surface area contributed by atoms with Gasteiger partial charge in [0.05, 0.1) is 5.52 Å². The summed E-state index contributed by atoms with van der Waals surface area (Å²) in [6.07, 6.45) is 4.72. The van der Waals surface area contributed by atoms with Crippen LogP contribution >= 0.6 is 0 Å². The minimum absolute atomic E-state index is 0.227. The lowest BCUT2D eigenvalue weighted by atomic mass is 10.0. The second kappa shape index (κ2) is 8.27. The largest absolute Gasteiger partial charge is 0.480 e. The van der Waals surface area contributed by atoms with E-state index < -0.39 is 12.0 Å². The highest BCUT2D eigenvalue weighted by Crippen LogP contribution is 2.17. The minimum Gasteiger partial charge on any atom is -0.480 e. The van der Waals surface area contributed by atoms with Gasteiger partial charge in [-0.25, -0.2) is 4.79 Å². The summed E-state index contributed by atoms with van der Waals surface area (Å²) in [5.41, 5.74) is 1.95. The quantitative estimate of drug-likeness (QED) is 0.785. The van der Waals surface area contributed by atoms with Crippen molar-refractivity contribution in [1.29, 1.82) is 0 Å². The van der Waals surface area contributed by atoms with Gasteiger partial charge in [0, 0.05) is 18.0 Å². The summed E-state index contributed by atoms with van der Waals surface area (Å²) in [5.74, 6) is -1.20. The Bertz CT molecular complexity index is 680. The fourth-order valence-corrected chi connectivity index (χ4v) is 2.55. The molecule has 122 valence electrons. The van der Waals surface area contributed by atoms with Crippen LogP contribution in [0, 0.1) is 0 Å². The number of aromatic nitrogens is 1. The fraction of sp³-hybridized carbons (Fsp3) is 0.389. The van der Waals surface area contributed by atoms with E-state index in [9.17, 15) is 9.59 Å². The summed E-state index contributed by atoms with van der Waals surface area (Å²) in [4.78, 5) is 27.5. The summed E-state index contributed by atoms with van der Waals surface area (Å²) in [6.45, 7) is 2.00. The molecule has 1 heterocycles. The molecule has 0 aliphatic rings. The van der Waals surface area contributed by atoms with Crippen molar-refractivity contribution < 1.29 is 14.7 Å². The number of carbonyl (C=O) groups excluding carboxylic acids is 1. The van der Waals surface area contributed by atoms with Gasteiger partial charge in [-0.3, -0.25) is 9.78 Å². The number of pyridine rings is 1. The number of benzene rings is 1. The van der Waals surface area contributed by atoms with Crippen LogP contribution in [0.5, 0.6) is 0 Å². The zero-order valence-electron chi connectivity index (χ0n) is 13.3. The molecule has 0 bridgehead atoms. The van der Waals surface area contributed by atoms with E-state index in [2.05, 4.69) is 10.3 Å². The molecule has 0 unspecified atom stereocenters. The standard InChI is InChI=1S/C18H22N2O3/c1-2-3-7-16(18(22)23)20-17(21)10-9-13-11-12-19-15-8-5-4-6-14(13)15/h4-6,8,11-12,16H,2-3,7,9-10H2,1H3,(H,20,21)(H,22,23)/t16-/m0/s1. The highest BCUT2D eigenvalue weighted by molar-refractivity contribution is 5.85. The smallest absolute Gasteiger partial charge is 0.326 e. The molecule has 0 aliphatic carbocycles. The summed E-state index contributed by atoms with van der Waals surface area (Å²) in [5, 5.41) is 12.8. The number of fused-ring (bicyclic) bond motifs is 1. The summed E-state index contributed by atoms with van der Waals surface area (Å²) >= 11 is 0. The van der Waals surface area contributed by atoms with Crippen LogP contribution in [-0.2, 0) is 16.0 Å². The van der Waals surface area contributed by atoms with Gasteiger partial charge in [-0.1, -0.05) is 38.0 Å². The summed E-state index contributed by atoms with van der Waals surface area (Å²) in [7, 11) is 0. The van der Waals surface area contributed by atoms with Crippen molar-refractivity contribution in [2.75, 3.05) is 0 Å². The molecule has 0 aliphatic heterocycles. The van der Waals surface area contributed by atoms with E-state index in [-0.39, 0.29) is 12.3 Å². The number of nitrogens with one attached hydrogen (secondary N) is 1. The van der Waals surface area contributed by atoms with Crippen LogP contribution in [0.25, 0.3) is 10.9 Å². The lowest BCUT2D eigenvalue weighted by molar-refractivity contribution is -0.142. The zero-order chi connectivity index (χ0) is 16.7. The Morgan fingerprint density at radius 1 is 1.26 bits per heavy atom. The van der Waals surface area contributed by atoms with E-state index in [0.29, 0.717) is 12.8 Å². The van der Waals surface area contributed by atoms with Gasteiger partial charge in [-0.2, -0.15) is 0 Å². The molecule has 1 aromatic carbocycles. The Hall–Kier alpha value is -2.43.